The van der Waals surface area contributed by atoms with Crippen LogP contribution in [0.2, 0.25) is 0 Å². The van der Waals surface area contributed by atoms with Crippen molar-refractivity contribution in [2.45, 2.75) is 65.2 Å². The summed E-state index contributed by atoms with van der Waals surface area (Å²) in [7, 11) is 0. The van der Waals surface area contributed by atoms with Crippen molar-refractivity contribution in [1.82, 2.24) is 0 Å². The van der Waals surface area contributed by atoms with E-state index in [2.05, 4.69) is 4.74 Å². The Kier molecular flexibility index (Phi) is 6.07. The highest BCUT2D eigenvalue weighted by Gasteiger charge is 2.44. The third-order valence-corrected chi connectivity index (χ3v) is 3.83. The number of carbonyl (C=O) groups excluding carboxylic acids is 2. The lowest BCUT2D eigenvalue weighted by Crippen LogP contribution is -2.36. The molecule has 0 spiro atoms. The Bertz CT molecular complexity index is 481. The number of esters is 1. The van der Waals surface area contributed by atoms with Crippen LogP contribution in [0.1, 0.15) is 52.9 Å². The smallest absolute Gasteiger partial charge is 0.451 e. The molecule has 0 fully saturated rings. The van der Waals surface area contributed by atoms with E-state index < -0.39 is 18.2 Å². The van der Waals surface area contributed by atoms with Crippen molar-refractivity contribution in [2.24, 2.45) is 5.41 Å². The second kappa shape index (κ2) is 7.02. The second-order valence-electron chi connectivity index (χ2n) is 6.29. The number of halogens is 4. The fourth-order valence-corrected chi connectivity index (χ4v) is 3.05. The first-order valence-electron chi connectivity index (χ1n) is 7.17. The van der Waals surface area contributed by atoms with Crippen molar-refractivity contribution in [3.63, 3.8) is 0 Å². The highest BCUT2D eigenvalue weighted by atomic mass is 35.5. The third-order valence-electron chi connectivity index (χ3n) is 3.49. The number of carbonyl (C=O) groups is 2. The molecule has 0 saturated carbocycles. The average molecular weight is 341 g/mol. The quantitative estimate of drug-likeness (QED) is 0.690. The lowest BCUT2D eigenvalue weighted by Gasteiger charge is -2.32. The second-order valence-corrected chi connectivity index (χ2v) is 6.75. The van der Waals surface area contributed by atoms with Crippen LogP contribution in [0.25, 0.3) is 0 Å². The molecule has 0 bridgehead atoms. The molecule has 1 atom stereocenters. The van der Waals surface area contributed by atoms with Crippen LogP contribution >= 0.6 is 11.6 Å². The van der Waals surface area contributed by atoms with E-state index in [4.69, 9.17) is 11.6 Å². The van der Waals surface area contributed by atoms with Crippen LogP contribution in [0, 0.1) is 5.41 Å². The van der Waals surface area contributed by atoms with Gasteiger partial charge < -0.3 is 4.74 Å². The minimum Gasteiger partial charge on any atom is -0.451 e. The van der Waals surface area contributed by atoms with Gasteiger partial charge in [-0.05, 0) is 24.7 Å². The Morgan fingerprint density at radius 3 is 2.41 bits per heavy atom. The monoisotopic (exact) mass is 340 g/mol. The summed E-state index contributed by atoms with van der Waals surface area (Å²) < 4.78 is 41.8. The summed E-state index contributed by atoms with van der Waals surface area (Å²) in [6.45, 7) is 5.56. The van der Waals surface area contributed by atoms with Gasteiger partial charge in [-0.3, -0.25) is 4.79 Å². The van der Waals surface area contributed by atoms with Gasteiger partial charge in [0.2, 0.25) is 0 Å². The van der Waals surface area contributed by atoms with Crippen LogP contribution < -0.4 is 0 Å². The molecular formula is C15H20ClF3O3. The predicted molar refractivity (Wildman–Crippen MR) is 76.4 cm³/mol. The fraction of sp³-hybridized carbons (Fsp3) is 0.733. The van der Waals surface area contributed by atoms with E-state index in [0.29, 0.717) is 19.3 Å². The lowest BCUT2D eigenvalue weighted by molar-refractivity contribution is -0.203. The molecule has 7 heteroatoms. The fourth-order valence-electron chi connectivity index (χ4n) is 2.46. The molecule has 22 heavy (non-hydrogen) atoms. The van der Waals surface area contributed by atoms with Gasteiger partial charge in [0.15, 0.2) is 5.78 Å². The molecule has 0 aromatic rings. The molecule has 1 rings (SSSR count). The molecule has 0 aromatic heterocycles. The summed E-state index contributed by atoms with van der Waals surface area (Å²) in [5.74, 6) is -2.64. The van der Waals surface area contributed by atoms with E-state index in [0.717, 1.165) is 0 Å². The number of allylic oxidation sites excluding steroid dienone is 1. The molecular weight excluding hydrogens is 321 g/mol. The van der Waals surface area contributed by atoms with Gasteiger partial charge in [-0.1, -0.05) is 38.8 Å². The summed E-state index contributed by atoms with van der Waals surface area (Å²) in [6, 6.07) is 0. The SMILES string of the molecule is CCCC[C@@H](OC(=O)C(F)(F)F)C1=C(Cl)CC(C)(C)CC1=O. The standard InChI is InChI=1S/C15H20ClF3O3/c1-4-5-6-11(22-13(21)15(17,18)19)12-9(16)7-14(2,3)8-10(12)20/h11H,4-8H2,1-3H3/t11-/m1/s1. The number of alkyl halides is 3. The van der Waals surface area contributed by atoms with Crippen molar-refractivity contribution in [2.75, 3.05) is 0 Å². The van der Waals surface area contributed by atoms with E-state index in [1.807, 2.05) is 20.8 Å². The van der Waals surface area contributed by atoms with Crippen LogP contribution in [0.4, 0.5) is 13.2 Å². The number of hydrogen-bond acceptors (Lipinski definition) is 3. The van der Waals surface area contributed by atoms with E-state index in [-0.39, 0.29) is 34.6 Å². The summed E-state index contributed by atoms with van der Waals surface area (Å²) in [6.07, 6.45) is -4.40. The zero-order valence-corrected chi connectivity index (χ0v) is 13.6. The van der Waals surface area contributed by atoms with Gasteiger partial charge in [0.25, 0.3) is 0 Å². The summed E-state index contributed by atoms with van der Waals surface area (Å²) in [5.41, 5.74) is -0.326. The molecule has 0 N–H and O–H groups in total. The number of ether oxygens (including phenoxy) is 1. The van der Waals surface area contributed by atoms with E-state index >= 15 is 0 Å². The molecule has 1 aliphatic carbocycles. The van der Waals surface area contributed by atoms with Gasteiger partial charge >= 0.3 is 12.1 Å². The summed E-state index contributed by atoms with van der Waals surface area (Å²) in [5, 5.41) is 0.192. The predicted octanol–water partition coefficient (Wildman–Crippen LogP) is 4.53. The van der Waals surface area contributed by atoms with Crippen molar-refractivity contribution < 1.29 is 27.5 Å². The Morgan fingerprint density at radius 1 is 1.36 bits per heavy atom. The maximum absolute atomic E-state index is 12.4. The summed E-state index contributed by atoms with van der Waals surface area (Å²) in [4.78, 5) is 23.3. The van der Waals surface area contributed by atoms with Gasteiger partial charge in [-0.15, -0.1) is 0 Å². The number of ketones is 1. The molecule has 0 heterocycles. The Hall–Kier alpha value is -1.04. The van der Waals surface area contributed by atoms with Crippen LogP contribution in [0.3, 0.4) is 0 Å². The lowest BCUT2D eigenvalue weighted by atomic mass is 9.76. The maximum atomic E-state index is 12.4. The van der Waals surface area contributed by atoms with Gasteiger partial charge in [0, 0.05) is 11.5 Å². The van der Waals surface area contributed by atoms with Crippen LogP contribution in [0.5, 0.6) is 0 Å². The Morgan fingerprint density at radius 2 is 1.95 bits per heavy atom. The van der Waals surface area contributed by atoms with E-state index in [1.165, 1.54) is 0 Å². The topological polar surface area (TPSA) is 43.4 Å². The van der Waals surface area contributed by atoms with Crippen molar-refractivity contribution in [3.05, 3.63) is 10.6 Å². The minimum atomic E-state index is -5.09. The van der Waals surface area contributed by atoms with Gasteiger partial charge in [0.05, 0.1) is 5.57 Å². The molecule has 0 radical (unpaired) electrons. The first kappa shape index (κ1) is 19.0. The largest absolute Gasteiger partial charge is 0.490 e. The highest BCUT2D eigenvalue weighted by Crippen LogP contribution is 2.41. The van der Waals surface area contributed by atoms with Crippen LogP contribution in [-0.2, 0) is 14.3 Å². The molecule has 1 aliphatic rings. The molecule has 126 valence electrons. The first-order chi connectivity index (χ1) is 9.98. The van der Waals surface area contributed by atoms with Crippen LogP contribution in [-0.4, -0.2) is 24.0 Å². The molecule has 0 amide bonds. The molecule has 0 saturated heterocycles. The Labute approximate surface area is 132 Å². The highest BCUT2D eigenvalue weighted by molar-refractivity contribution is 6.32. The van der Waals surface area contributed by atoms with Crippen molar-refractivity contribution >= 4 is 23.4 Å². The van der Waals surface area contributed by atoms with Crippen molar-refractivity contribution in [1.29, 1.82) is 0 Å². The number of unbranched alkanes of at least 4 members (excludes halogenated alkanes) is 1. The first-order valence-corrected chi connectivity index (χ1v) is 7.55. The molecule has 0 unspecified atom stereocenters. The Balaban J connectivity index is 3.06. The maximum Gasteiger partial charge on any atom is 0.490 e. The zero-order valence-electron chi connectivity index (χ0n) is 12.8. The molecule has 0 aliphatic heterocycles. The van der Waals surface area contributed by atoms with Crippen molar-refractivity contribution in [3.8, 4) is 0 Å². The molecule has 0 aromatic carbocycles. The average Bonchev–Trinajstić information content (AvgIpc) is 2.31. The van der Waals surface area contributed by atoms with E-state index in [1.54, 1.807) is 0 Å². The number of rotatable bonds is 5. The van der Waals surface area contributed by atoms with E-state index in [9.17, 15) is 22.8 Å². The number of hydrogen-bond donors (Lipinski definition) is 0. The number of Topliss-reactive ketones (excluding diaryl/α,β-unsaturated/α-hetero) is 1. The summed E-state index contributed by atoms with van der Waals surface area (Å²) >= 11 is 6.12. The third kappa shape index (κ3) is 5.00. The zero-order chi connectivity index (χ0) is 17.1. The minimum absolute atomic E-state index is 0.0204. The van der Waals surface area contributed by atoms with Crippen LogP contribution in [0.15, 0.2) is 10.6 Å². The van der Waals surface area contributed by atoms with Gasteiger partial charge in [-0.2, -0.15) is 13.2 Å². The molecule has 3 nitrogen and oxygen atoms in total. The van der Waals surface area contributed by atoms with Gasteiger partial charge in [-0.25, -0.2) is 4.79 Å². The van der Waals surface area contributed by atoms with Gasteiger partial charge in [0.1, 0.15) is 6.10 Å². The normalized spacial score (nSPS) is 20.0.